The Hall–Kier alpha value is -3.58. The standard InChI is InChI=1S/C28H29NO5S/c1-28(2,3)17-12-13-22(34-5)20(15-17)25(30)23-24(19-10-6-7-11-21(19)33-4)29(27(32)26(23)31)16-18-9-8-14-35-18/h6-15,24,30H,16H2,1-5H3/b25-23+. The van der Waals surface area contributed by atoms with E-state index in [9.17, 15) is 14.7 Å². The van der Waals surface area contributed by atoms with Gasteiger partial charge in [-0.1, -0.05) is 51.1 Å². The average Bonchev–Trinajstić information content (AvgIpc) is 3.45. The van der Waals surface area contributed by atoms with E-state index in [1.54, 1.807) is 19.2 Å². The number of carbonyl (C=O) groups excluding carboxylic acids is 2. The number of ether oxygens (including phenoxy) is 2. The summed E-state index contributed by atoms with van der Waals surface area (Å²) in [6.45, 7) is 6.43. The molecule has 0 aliphatic carbocycles. The van der Waals surface area contributed by atoms with Crippen LogP contribution in [0.2, 0.25) is 0 Å². The first-order chi connectivity index (χ1) is 16.7. The lowest BCUT2D eigenvalue weighted by Crippen LogP contribution is -2.29. The highest BCUT2D eigenvalue weighted by Gasteiger charge is 2.47. The van der Waals surface area contributed by atoms with Crippen LogP contribution in [0, 0.1) is 0 Å². The molecule has 0 saturated carbocycles. The van der Waals surface area contributed by atoms with Gasteiger partial charge >= 0.3 is 0 Å². The topological polar surface area (TPSA) is 76.1 Å². The van der Waals surface area contributed by atoms with Crippen LogP contribution >= 0.6 is 11.3 Å². The molecule has 7 heteroatoms. The van der Waals surface area contributed by atoms with Crippen molar-refractivity contribution in [3.05, 3.63) is 87.1 Å². The first kappa shape index (κ1) is 24.5. The third-order valence-corrected chi connectivity index (χ3v) is 7.06. The molecule has 0 spiro atoms. The Morgan fingerprint density at radius 2 is 1.71 bits per heavy atom. The molecule has 1 aliphatic rings. The molecule has 1 amide bonds. The Kier molecular flexibility index (Phi) is 6.72. The number of hydrogen-bond donors (Lipinski definition) is 1. The molecule has 6 nitrogen and oxygen atoms in total. The first-order valence-corrected chi connectivity index (χ1v) is 12.2. The van der Waals surface area contributed by atoms with E-state index >= 15 is 0 Å². The fraction of sp³-hybridized carbons (Fsp3) is 0.286. The average molecular weight is 492 g/mol. The van der Waals surface area contributed by atoms with Gasteiger partial charge in [-0.05, 0) is 40.6 Å². The van der Waals surface area contributed by atoms with Crippen LogP contribution in [0.4, 0.5) is 0 Å². The van der Waals surface area contributed by atoms with Crippen molar-refractivity contribution < 1.29 is 24.2 Å². The van der Waals surface area contributed by atoms with Gasteiger partial charge in [-0.25, -0.2) is 0 Å². The second kappa shape index (κ2) is 9.58. The number of rotatable bonds is 6. The van der Waals surface area contributed by atoms with Crippen molar-refractivity contribution in [3.8, 4) is 11.5 Å². The van der Waals surface area contributed by atoms with Crippen molar-refractivity contribution in [1.82, 2.24) is 4.90 Å². The molecular formula is C28H29NO5S. The number of nitrogens with zero attached hydrogens (tertiary/aromatic N) is 1. The highest BCUT2D eigenvalue weighted by Crippen LogP contribution is 2.45. The van der Waals surface area contributed by atoms with Crippen LogP contribution in [0.5, 0.6) is 11.5 Å². The van der Waals surface area contributed by atoms with E-state index in [-0.39, 0.29) is 23.3 Å². The maximum Gasteiger partial charge on any atom is 0.295 e. The number of benzene rings is 2. The van der Waals surface area contributed by atoms with Crippen LogP contribution in [0.25, 0.3) is 5.76 Å². The molecule has 182 valence electrons. The second-order valence-electron chi connectivity index (χ2n) is 9.41. The number of methoxy groups -OCH3 is 2. The number of aliphatic hydroxyl groups is 1. The predicted molar refractivity (Wildman–Crippen MR) is 137 cm³/mol. The molecule has 0 bridgehead atoms. The molecule has 1 unspecified atom stereocenters. The summed E-state index contributed by atoms with van der Waals surface area (Å²) in [6.07, 6.45) is 0. The van der Waals surface area contributed by atoms with Crippen LogP contribution in [0.1, 0.15) is 48.4 Å². The number of thiophene rings is 1. The minimum atomic E-state index is -0.823. The summed E-state index contributed by atoms with van der Waals surface area (Å²) < 4.78 is 11.1. The van der Waals surface area contributed by atoms with E-state index in [1.807, 2.05) is 47.8 Å². The summed E-state index contributed by atoms with van der Waals surface area (Å²) in [5, 5.41) is 13.5. The normalized spacial score (nSPS) is 17.6. The van der Waals surface area contributed by atoms with E-state index in [0.717, 1.165) is 10.4 Å². The smallest absolute Gasteiger partial charge is 0.295 e. The maximum absolute atomic E-state index is 13.4. The maximum atomic E-state index is 13.4. The lowest BCUT2D eigenvalue weighted by Gasteiger charge is -2.26. The molecular weight excluding hydrogens is 462 g/mol. The van der Waals surface area contributed by atoms with E-state index in [4.69, 9.17) is 9.47 Å². The van der Waals surface area contributed by atoms with Crippen molar-refractivity contribution >= 4 is 28.8 Å². The Morgan fingerprint density at radius 3 is 2.34 bits per heavy atom. The van der Waals surface area contributed by atoms with Gasteiger partial charge in [-0.3, -0.25) is 9.59 Å². The summed E-state index contributed by atoms with van der Waals surface area (Å²) in [5.41, 5.74) is 1.77. The van der Waals surface area contributed by atoms with Crippen LogP contribution in [0.3, 0.4) is 0 Å². The van der Waals surface area contributed by atoms with Crippen molar-refractivity contribution in [2.75, 3.05) is 14.2 Å². The number of carbonyl (C=O) groups is 2. The van der Waals surface area contributed by atoms with Gasteiger partial charge < -0.3 is 19.5 Å². The molecule has 1 N–H and O–H groups in total. The van der Waals surface area contributed by atoms with Gasteiger partial charge in [0.15, 0.2) is 0 Å². The highest BCUT2D eigenvalue weighted by molar-refractivity contribution is 7.09. The van der Waals surface area contributed by atoms with E-state index in [2.05, 4.69) is 20.8 Å². The lowest BCUT2D eigenvalue weighted by atomic mass is 9.85. The number of aliphatic hydroxyl groups excluding tert-OH is 1. The van der Waals surface area contributed by atoms with Gasteiger partial charge in [-0.15, -0.1) is 11.3 Å². The quantitative estimate of drug-likeness (QED) is 0.273. The highest BCUT2D eigenvalue weighted by atomic mass is 32.1. The Morgan fingerprint density at radius 1 is 1.00 bits per heavy atom. The molecule has 0 radical (unpaired) electrons. The van der Waals surface area contributed by atoms with Gasteiger partial charge in [-0.2, -0.15) is 0 Å². The molecule has 1 aromatic heterocycles. The third kappa shape index (κ3) is 4.56. The van der Waals surface area contributed by atoms with Crippen molar-refractivity contribution in [2.45, 2.75) is 38.8 Å². The SMILES string of the molecule is COc1ccc(C(C)(C)C)cc1/C(O)=C1\C(=O)C(=O)N(Cc2cccs2)C1c1ccccc1OC. The van der Waals surface area contributed by atoms with Crippen LogP contribution in [0.15, 0.2) is 65.6 Å². The van der Waals surface area contributed by atoms with E-state index in [1.165, 1.54) is 23.3 Å². The van der Waals surface area contributed by atoms with E-state index in [0.29, 0.717) is 22.6 Å². The fourth-order valence-corrected chi connectivity index (χ4v) is 5.04. The molecule has 4 rings (SSSR count). The lowest BCUT2D eigenvalue weighted by molar-refractivity contribution is -0.140. The Bertz CT molecular complexity index is 1290. The molecule has 1 aliphatic heterocycles. The number of likely N-dealkylation sites (tertiary alicyclic amines) is 1. The van der Waals surface area contributed by atoms with Crippen LogP contribution in [-0.4, -0.2) is 35.9 Å². The minimum Gasteiger partial charge on any atom is -0.507 e. The molecule has 1 saturated heterocycles. The molecule has 3 aromatic rings. The first-order valence-electron chi connectivity index (χ1n) is 11.3. The number of Topliss-reactive ketones (excluding diaryl/α,β-unsaturated/α-hetero) is 1. The third-order valence-electron chi connectivity index (χ3n) is 6.20. The fourth-order valence-electron chi connectivity index (χ4n) is 4.33. The van der Waals surface area contributed by atoms with Gasteiger partial charge in [0, 0.05) is 10.4 Å². The van der Waals surface area contributed by atoms with E-state index < -0.39 is 17.7 Å². The molecule has 1 atom stereocenters. The molecule has 2 aromatic carbocycles. The van der Waals surface area contributed by atoms with Crippen LogP contribution < -0.4 is 9.47 Å². The zero-order chi connectivity index (χ0) is 25.3. The van der Waals surface area contributed by atoms with Gasteiger partial charge in [0.1, 0.15) is 17.3 Å². The number of ketones is 1. The number of para-hydroxylation sites is 1. The van der Waals surface area contributed by atoms with Gasteiger partial charge in [0.2, 0.25) is 0 Å². The Labute approximate surface area is 209 Å². The Balaban J connectivity index is 1.97. The molecule has 1 fully saturated rings. The summed E-state index contributed by atoms with van der Waals surface area (Å²) >= 11 is 1.50. The summed E-state index contributed by atoms with van der Waals surface area (Å²) in [6, 6.07) is 15.8. The molecule has 2 heterocycles. The van der Waals surface area contributed by atoms with Crippen molar-refractivity contribution in [2.24, 2.45) is 0 Å². The zero-order valence-electron chi connectivity index (χ0n) is 20.5. The monoisotopic (exact) mass is 491 g/mol. The van der Waals surface area contributed by atoms with Crippen molar-refractivity contribution in [1.29, 1.82) is 0 Å². The van der Waals surface area contributed by atoms with Gasteiger partial charge in [0.05, 0.1) is 37.9 Å². The summed E-state index contributed by atoms with van der Waals surface area (Å²) in [7, 11) is 3.05. The van der Waals surface area contributed by atoms with Crippen molar-refractivity contribution in [3.63, 3.8) is 0 Å². The number of amides is 1. The second-order valence-corrected chi connectivity index (χ2v) is 10.4. The zero-order valence-corrected chi connectivity index (χ0v) is 21.3. The minimum absolute atomic E-state index is 0.0143. The van der Waals surface area contributed by atoms with Crippen LogP contribution in [-0.2, 0) is 21.5 Å². The number of hydrogen-bond acceptors (Lipinski definition) is 6. The predicted octanol–water partition coefficient (Wildman–Crippen LogP) is 5.68. The van der Waals surface area contributed by atoms with Gasteiger partial charge in [0.25, 0.3) is 11.7 Å². The summed E-state index contributed by atoms with van der Waals surface area (Å²) in [5.74, 6) is -0.730. The largest absolute Gasteiger partial charge is 0.507 e. The summed E-state index contributed by atoms with van der Waals surface area (Å²) in [4.78, 5) is 29.2. The molecule has 35 heavy (non-hydrogen) atoms.